The van der Waals surface area contributed by atoms with Crippen molar-refractivity contribution in [3.05, 3.63) is 29.6 Å². The number of hydrogen-bond acceptors (Lipinski definition) is 2. The number of halogens is 3. The quantitative estimate of drug-likeness (QED) is 0.859. The van der Waals surface area contributed by atoms with Crippen molar-refractivity contribution in [1.82, 2.24) is 4.90 Å². The molecule has 0 radical (unpaired) electrons. The van der Waals surface area contributed by atoms with Gasteiger partial charge in [-0.15, -0.1) is 0 Å². The molecule has 1 amide bonds. The summed E-state index contributed by atoms with van der Waals surface area (Å²) in [6.45, 7) is 1.02. The van der Waals surface area contributed by atoms with Crippen molar-refractivity contribution in [3.8, 4) is 0 Å². The topological polar surface area (TPSA) is 32.3 Å². The summed E-state index contributed by atoms with van der Waals surface area (Å²) in [5, 5.41) is 2.36. The van der Waals surface area contributed by atoms with Gasteiger partial charge in [-0.25, -0.2) is 13.2 Å². The number of fused-ring (bicyclic) bond motifs is 1. The van der Waals surface area contributed by atoms with E-state index in [-0.39, 0.29) is 18.1 Å². The molecule has 0 unspecified atom stereocenters. The Bertz CT molecular complexity index is 591. The van der Waals surface area contributed by atoms with E-state index >= 15 is 0 Å². The number of anilines is 1. The van der Waals surface area contributed by atoms with E-state index in [9.17, 15) is 18.0 Å². The predicted octanol–water partition coefficient (Wildman–Crippen LogP) is 3.70. The fourth-order valence-corrected chi connectivity index (χ4v) is 3.92. The summed E-state index contributed by atoms with van der Waals surface area (Å²) >= 11 is 0. The van der Waals surface area contributed by atoms with E-state index in [2.05, 4.69) is 10.2 Å². The number of benzene rings is 1. The highest BCUT2D eigenvalue weighted by Crippen LogP contribution is 2.35. The van der Waals surface area contributed by atoms with E-state index in [0.717, 1.165) is 31.5 Å². The average Bonchev–Trinajstić information content (AvgIpc) is 2.56. The van der Waals surface area contributed by atoms with Crippen molar-refractivity contribution in [3.63, 3.8) is 0 Å². The fourth-order valence-electron chi connectivity index (χ4n) is 3.92. The first kappa shape index (κ1) is 16.3. The minimum Gasteiger partial charge on any atom is -0.322 e. The molecule has 23 heavy (non-hydrogen) atoms. The zero-order valence-corrected chi connectivity index (χ0v) is 13.0. The van der Waals surface area contributed by atoms with Gasteiger partial charge in [-0.1, -0.05) is 12.8 Å². The Hall–Kier alpha value is -1.56. The van der Waals surface area contributed by atoms with Crippen molar-refractivity contribution in [2.75, 3.05) is 18.4 Å². The lowest BCUT2D eigenvalue weighted by atomic mass is 9.78. The van der Waals surface area contributed by atoms with Crippen molar-refractivity contribution < 1.29 is 18.0 Å². The van der Waals surface area contributed by atoms with Crippen LogP contribution in [0.1, 0.15) is 38.5 Å². The van der Waals surface area contributed by atoms with Gasteiger partial charge in [-0.3, -0.25) is 9.69 Å². The Balaban J connectivity index is 1.64. The van der Waals surface area contributed by atoms with Crippen LogP contribution in [0.15, 0.2) is 12.1 Å². The van der Waals surface area contributed by atoms with Crippen LogP contribution < -0.4 is 5.32 Å². The van der Waals surface area contributed by atoms with Gasteiger partial charge in [0, 0.05) is 6.04 Å². The Kier molecular flexibility index (Phi) is 4.90. The van der Waals surface area contributed by atoms with Crippen LogP contribution in [-0.2, 0) is 4.79 Å². The molecule has 2 atom stereocenters. The molecule has 0 aromatic heterocycles. The van der Waals surface area contributed by atoms with Crippen molar-refractivity contribution in [2.24, 2.45) is 5.92 Å². The molecule has 2 fully saturated rings. The molecule has 3 nitrogen and oxygen atoms in total. The molecule has 0 bridgehead atoms. The van der Waals surface area contributed by atoms with Gasteiger partial charge in [0.2, 0.25) is 5.91 Å². The summed E-state index contributed by atoms with van der Waals surface area (Å²) in [7, 11) is 0. The number of amides is 1. The molecular formula is C17H21F3N2O. The average molecular weight is 326 g/mol. The van der Waals surface area contributed by atoms with E-state index in [0.29, 0.717) is 12.0 Å². The number of carbonyl (C=O) groups excluding carboxylic acids is 1. The van der Waals surface area contributed by atoms with E-state index in [1.165, 1.54) is 25.7 Å². The third-order valence-corrected chi connectivity index (χ3v) is 5.01. The SMILES string of the molecule is O=C(CN1CCC[C@H]2CCCC[C@@H]21)Nc1ccc(F)c(F)c1F. The highest BCUT2D eigenvalue weighted by atomic mass is 19.2. The summed E-state index contributed by atoms with van der Waals surface area (Å²) in [6.07, 6.45) is 7.00. The fraction of sp³-hybridized carbons (Fsp3) is 0.588. The first-order valence-electron chi connectivity index (χ1n) is 8.23. The largest absolute Gasteiger partial charge is 0.322 e. The molecule has 6 heteroatoms. The van der Waals surface area contributed by atoms with Crippen molar-refractivity contribution in [1.29, 1.82) is 0 Å². The van der Waals surface area contributed by atoms with Crippen LogP contribution >= 0.6 is 0 Å². The van der Waals surface area contributed by atoms with E-state index in [4.69, 9.17) is 0 Å². The van der Waals surface area contributed by atoms with Gasteiger partial charge >= 0.3 is 0 Å². The Labute approximate surface area is 133 Å². The minimum absolute atomic E-state index is 0.166. The number of nitrogens with one attached hydrogen (secondary N) is 1. The first-order chi connectivity index (χ1) is 11.1. The number of carbonyl (C=O) groups is 1. The summed E-state index contributed by atoms with van der Waals surface area (Å²) < 4.78 is 39.8. The van der Waals surface area contributed by atoms with Gasteiger partial charge in [0.1, 0.15) is 0 Å². The molecule has 126 valence electrons. The second-order valence-corrected chi connectivity index (χ2v) is 6.50. The van der Waals surface area contributed by atoms with Crippen LogP contribution in [0.3, 0.4) is 0 Å². The van der Waals surface area contributed by atoms with Gasteiger partial charge in [0.15, 0.2) is 17.5 Å². The van der Waals surface area contributed by atoms with Gasteiger partial charge in [0.25, 0.3) is 0 Å². The van der Waals surface area contributed by atoms with Crippen LogP contribution in [0.5, 0.6) is 0 Å². The summed E-state index contributed by atoms with van der Waals surface area (Å²) in [5.74, 6) is -3.92. The molecular weight excluding hydrogens is 305 g/mol. The highest BCUT2D eigenvalue weighted by molar-refractivity contribution is 5.92. The van der Waals surface area contributed by atoms with Gasteiger partial charge in [-0.05, 0) is 50.3 Å². The van der Waals surface area contributed by atoms with E-state index in [1.807, 2.05) is 0 Å². The Morgan fingerprint density at radius 2 is 1.83 bits per heavy atom. The molecule has 1 saturated heterocycles. The van der Waals surface area contributed by atoms with Crippen LogP contribution in [-0.4, -0.2) is 29.9 Å². The summed E-state index contributed by atoms with van der Waals surface area (Å²) in [4.78, 5) is 14.3. The van der Waals surface area contributed by atoms with Crippen LogP contribution in [0.4, 0.5) is 18.9 Å². The van der Waals surface area contributed by atoms with E-state index in [1.54, 1.807) is 0 Å². The molecule has 1 heterocycles. The monoisotopic (exact) mass is 326 g/mol. The number of likely N-dealkylation sites (tertiary alicyclic amines) is 1. The number of piperidine rings is 1. The smallest absolute Gasteiger partial charge is 0.238 e. The number of rotatable bonds is 3. The third kappa shape index (κ3) is 3.52. The Morgan fingerprint density at radius 1 is 1.09 bits per heavy atom. The van der Waals surface area contributed by atoms with E-state index < -0.39 is 17.5 Å². The number of hydrogen-bond donors (Lipinski definition) is 1. The molecule has 3 rings (SSSR count). The lowest BCUT2D eigenvalue weighted by molar-refractivity contribution is -0.119. The lowest BCUT2D eigenvalue weighted by Crippen LogP contribution is -2.49. The molecule has 0 spiro atoms. The zero-order valence-electron chi connectivity index (χ0n) is 13.0. The second-order valence-electron chi connectivity index (χ2n) is 6.50. The minimum atomic E-state index is -1.56. The molecule has 1 aliphatic heterocycles. The molecule has 1 N–H and O–H groups in total. The Morgan fingerprint density at radius 3 is 2.65 bits per heavy atom. The van der Waals surface area contributed by atoms with Crippen LogP contribution in [0.25, 0.3) is 0 Å². The van der Waals surface area contributed by atoms with Gasteiger partial charge in [-0.2, -0.15) is 0 Å². The number of nitrogens with zero attached hydrogens (tertiary/aromatic N) is 1. The molecule has 1 saturated carbocycles. The maximum atomic E-state index is 13.6. The molecule has 1 aliphatic carbocycles. The normalized spacial score (nSPS) is 25.0. The molecule has 2 aliphatic rings. The second kappa shape index (κ2) is 6.91. The summed E-state index contributed by atoms with van der Waals surface area (Å²) in [6, 6.07) is 2.27. The maximum absolute atomic E-state index is 13.6. The van der Waals surface area contributed by atoms with Gasteiger partial charge in [0.05, 0.1) is 12.2 Å². The maximum Gasteiger partial charge on any atom is 0.238 e. The van der Waals surface area contributed by atoms with Gasteiger partial charge < -0.3 is 5.32 Å². The van der Waals surface area contributed by atoms with Crippen LogP contribution in [0, 0.1) is 23.4 Å². The first-order valence-corrected chi connectivity index (χ1v) is 8.23. The standard InChI is InChI=1S/C17H21F3N2O/c18-12-7-8-13(17(20)16(12)19)21-15(23)10-22-9-3-5-11-4-1-2-6-14(11)22/h7-8,11,14H,1-6,9-10H2,(H,21,23)/t11-,14+/m1/s1. The molecule has 1 aromatic rings. The molecule has 1 aromatic carbocycles. The highest BCUT2D eigenvalue weighted by Gasteiger charge is 2.34. The third-order valence-electron chi connectivity index (χ3n) is 5.01. The predicted molar refractivity (Wildman–Crippen MR) is 81.5 cm³/mol. The summed E-state index contributed by atoms with van der Waals surface area (Å²) in [5.41, 5.74) is -0.314. The zero-order chi connectivity index (χ0) is 16.4. The van der Waals surface area contributed by atoms with Crippen molar-refractivity contribution >= 4 is 11.6 Å². The van der Waals surface area contributed by atoms with Crippen molar-refractivity contribution in [2.45, 2.75) is 44.6 Å². The lowest BCUT2D eigenvalue weighted by Gasteiger charge is -2.43. The van der Waals surface area contributed by atoms with Crippen LogP contribution in [0.2, 0.25) is 0 Å².